The third-order valence-electron chi connectivity index (χ3n) is 2.49. The Kier molecular flexibility index (Phi) is 4.15. The summed E-state index contributed by atoms with van der Waals surface area (Å²) in [5.74, 6) is 0.834. The zero-order valence-electron chi connectivity index (χ0n) is 10.4. The number of pyridine rings is 1. The second kappa shape index (κ2) is 5.83. The summed E-state index contributed by atoms with van der Waals surface area (Å²) in [6, 6.07) is 11.9. The van der Waals surface area contributed by atoms with E-state index in [1.165, 1.54) is 0 Å². The molecule has 1 heterocycles. The standard InChI is InChI=1S/C15H14BrNO/c1-11-4-3-5-14(17-11)7-6-12-8-13(16)10-15(9-12)18-2/h3-10H,1-2H3. The Morgan fingerprint density at radius 2 is 2.00 bits per heavy atom. The van der Waals surface area contributed by atoms with Crippen LogP contribution in [0.25, 0.3) is 12.2 Å². The lowest BCUT2D eigenvalue weighted by molar-refractivity contribution is 0.414. The van der Waals surface area contributed by atoms with Crippen LogP contribution in [0.3, 0.4) is 0 Å². The van der Waals surface area contributed by atoms with Crippen molar-refractivity contribution in [2.45, 2.75) is 6.92 Å². The number of methoxy groups -OCH3 is 1. The van der Waals surface area contributed by atoms with E-state index >= 15 is 0 Å². The molecule has 0 aliphatic heterocycles. The van der Waals surface area contributed by atoms with Gasteiger partial charge in [0, 0.05) is 10.2 Å². The van der Waals surface area contributed by atoms with E-state index in [1.54, 1.807) is 7.11 Å². The van der Waals surface area contributed by atoms with E-state index in [0.29, 0.717) is 0 Å². The quantitative estimate of drug-likeness (QED) is 0.842. The van der Waals surface area contributed by atoms with Crippen LogP contribution in [0.15, 0.2) is 40.9 Å². The predicted octanol–water partition coefficient (Wildman–Crippen LogP) is 4.33. The molecular weight excluding hydrogens is 290 g/mol. The van der Waals surface area contributed by atoms with Crippen LogP contribution in [0, 0.1) is 6.92 Å². The number of benzene rings is 1. The fourth-order valence-electron chi connectivity index (χ4n) is 1.64. The summed E-state index contributed by atoms with van der Waals surface area (Å²) < 4.78 is 6.23. The molecular formula is C15H14BrNO. The van der Waals surface area contributed by atoms with Crippen LogP contribution in [0.4, 0.5) is 0 Å². The Balaban J connectivity index is 2.25. The van der Waals surface area contributed by atoms with Gasteiger partial charge in [0.15, 0.2) is 0 Å². The average molecular weight is 304 g/mol. The molecule has 0 amide bonds. The van der Waals surface area contributed by atoms with Crippen LogP contribution >= 0.6 is 15.9 Å². The van der Waals surface area contributed by atoms with Crippen LogP contribution in [-0.2, 0) is 0 Å². The minimum absolute atomic E-state index is 0.834. The van der Waals surface area contributed by atoms with Gasteiger partial charge in [-0.1, -0.05) is 28.1 Å². The molecule has 0 fully saturated rings. The number of aryl methyl sites for hydroxylation is 1. The van der Waals surface area contributed by atoms with E-state index < -0.39 is 0 Å². The summed E-state index contributed by atoms with van der Waals surface area (Å²) in [7, 11) is 1.66. The Bertz CT molecular complexity index is 578. The van der Waals surface area contributed by atoms with Crippen LogP contribution in [0.5, 0.6) is 5.75 Å². The third kappa shape index (κ3) is 3.44. The first-order chi connectivity index (χ1) is 8.67. The van der Waals surface area contributed by atoms with Crippen LogP contribution < -0.4 is 4.74 Å². The molecule has 92 valence electrons. The van der Waals surface area contributed by atoms with Gasteiger partial charge >= 0.3 is 0 Å². The average Bonchev–Trinajstić information content (AvgIpc) is 2.36. The van der Waals surface area contributed by atoms with Crippen molar-refractivity contribution in [1.29, 1.82) is 0 Å². The first kappa shape index (κ1) is 12.8. The highest BCUT2D eigenvalue weighted by atomic mass is 79.9. The molecule has 0 aliphatic carbocycles. The van der Waals surface area contributed by atoms with Crippen molar-refractivity contribution in [3.8, 4) is 5.75 Å². The molecule has 0 atom stereocenters. The highest BCUT2D eigenvalue weighted by molar-refractivity contribution is 9.10. The minimum Gasteiger partial charge on any atom is -0.497 e. The van der Waals surface area contributed by atoms with Crippen molar-refractivity contribution >= 4 is 28.1 Å². The van der Waals surface area contributed by atoms with E-state index in [4.69, 9.17) is 4.74 Å². The predicted molar refractivity (Wildman–Crippen MR) is 78.6 cm³/mol. The summed E-state index contributed by atoms with van der Waals surface area (Å²) in [5.41, 5.74) is 3.04. The van der Waals surface area contributed by atoms with Crippen molar-refractivity contribution in [2.75, 3.05) is 7.11 Å². The first-order valence-corrected chi connectivity index (χ1v) is 6.43. The maximum absolute atomic E-state index is 5.23. The summed E-state index contributed by atoms with van der Waals surface area (Å²) in [5, 5.41) is 0. The zero-order valence-corrected chi connectivity index (χ0v) is 11.9. The lowest BCUT2D eigenvalue weighted by Crippen LogP contribution is -1.85. The SMILES string of the molecule is COc1cc(Br)cc(C=Cc2cccc(C)n2)c1. The van der Waals surface area contributed by atoms with Crippen molar-refractivity contribution in [3.05, 3.63) is 57.8 Å². The molecule has 0 N–H and O–H groups in total. The summed E-state index contributed by atoms with van der Waals surface area (Å²) in [4.78, 5) is 4.42. The second-order valence-corrected chi connectivity index (χ2v) is 4.88. The number of aromatic nitrogens is 1. The molecule has 18 heavy (non-hydrogen) atoms. The first-order valence-electron chi connectivity index (χ1n) is 5.64. The molecule has 2 aromatic rings. The van der Waals surface area contributed by atoms with Gasteiger partial charge in [0.25, 0.3) is 0 Å². The molecule has 0 saturated heterocycles. The van der Waals surface area contributed by atoms with Gasteiger partial charge in [0.05, 0.1) is 12.8 Å². The second-order valence-electron chi connectivity index (χ2n) is 3.96. The molecule has 1 aromatic carbocycles. The molecule has 3 heteroatoms. The molecule has 2 rings (SSSR count). The number of ether oxygens (including phenoxy) is 1. The van der Waals surface area contributed by atoms with Gasteiger partial charge in [0.1, 0.15) is 5.75 Å². The fraction of sp³-hybridized carbons (Fsp3) is 0.133. The van der Waals surface area contributed by atoms with E-state index in [9.17, 15) is 0 Å². The Morgan fingerprint density at radius 1 is 1.17 bits per heavy atom. The molecule has 0 saturated carbocycles. The van der Waals surface area contributed by atoms with Crippen molar-refractivity contribution in [2.24, 2.45) is 0 Å². The largest absolute Gasteiger partial charge is 0.497 e. The van der Waals surface area contributed by atoms with Crippen LogP contribution in [0.2, 0.25) is 0 Å². The zero-order chi connectivity index (χ0) is 13.0. The van der Waals surface area contributed by atoms with Crippen LogP contribution in [-0.4, -0.2) is 12.1 Å². The van der Waals surface area contributed by atoms with Crippen molar-refractivity contribution < 1.29 is 4.74 Å². The van der Waals surface area contributed by atoms with Crippen molar-refractivity contribution in [3.63, 3.8) is 0 Å². The summed E-state index contributed by atoms with van der Waals surface area (Å²) in [6.45, 7) is 1.99. The molecule has 0 radical (unpaired) electrons. The highest BCUT2D eigenvalue weighted by Gasteiger charge is 1.97. The van der Waals surface area contributed by atoms with Gasteiger partial charge in [-0.3, -0.25) is 4.98 Å². The smallest absolute Gasteiger partial charge is 0.120 e. The van der Waals surface area contributed by atoms with E-state index in [2.05, 4.69) is 20.9 Å². The highest BCUT2D eigenvalue weighted by Crippen LogP contribution is 2.22. The molecule has 2 nitrogen and oxygen atoms in total. The Hall–Kier alpha value is -1.61. The topological polar surface area (TPSA) is 22.1 Å². The van der Waals surface area contributed by atoms with Gasteiger partial charge in [-0.2, -0.15) is 0 Å². The maximum Gasteiger partial charge on any atom is 0.120 e. The van der Waals surface area contributed by atoms with Gasteiger partial charge in [-0.25, -0.2) is 0 Å². The van der Waals surface area contributed by atoms with Gasteiger partial charge in [-0.15, -0.1) is 0 Å². The Morgan fingerprint density at radius 3 is 2.72 bits per heavy atom. The molecule has 0 unspecified atom stereocenters. The number of nitrogens with zero attached hydrogens (tertiary/aromatic N) is 1. The monoisotopic (exact) mass is 303 g/mol. The molecule has 0 aliphatic rings. The van der Waals surface area contributed by atoms with E-state index in [-0.39, 0.29) is 0 Å². The van der Waals surface area contributed by atoms with Gasteiger partial charge in [0.2, 0.25) is 0 Å². The maximum atomic E-state index is 5.23. The van der Waals surface area contributed by atoms with Crippen molar-refractivity contribution in [1.82, 2.24) is 4.98 Å². The number of hydrogen-bond donors (Lipinski definition) is 0. The number of rotatable bonds is 3. The molecule has 0 bridgehead atoms. The van der Waals surface area contributed by atoms with E-state index in [0.717, 1.165) is 27.2 Å². The van der Waals surface area contributed by atoms with Crippen LogP contribution in [0.1, 0.15) is 17.0 Å². The summed E-state index contributed by atoms with van der Waals surface area (Å²) >= 11 is 3.46. The lowest BCUT2D eigenvalue weighted by Gasteiger charge is -2.02. The fourth-order valence-corrected chi connectivity index (χ4v) is 2.13. The third-order valence-corrected chi connectivity index (χ3v) is 2.94. The summed E-state index contributed by atoms with van der Waals surface area (Å²) in [6.07, 6.45) is 4.02. The normalized spacial score (nSPS) is 10.8. The number of hydrogen-bond acceptors (Lipinski definition) is 2. The number of halogens is 1. The molecule has 1 aromatic heterocycles. The molecule has 0 spiro atoms. The minimum atomic E-state index is 0.834. The Labute approximate surface area is 115 Å². The van der Waals surface area contributed by atoms with Gasteiger partial charge < -0.3 is 4.74 Å². The lowest BCUT2D eigenvalue weighted by atomic mass is 10.2. The van der Waals surface area contributed by atoms with E-state index in [1.807, 2.05) is 55.5 Å². The van der Waals surface area contributed by atoms with Gasteiger partial charge in [-0.05, 0) is 48.9 Å².